The molecule has 184 valence electrons. The molecule has 3 heterocycles. The van der Waals surface area contributed by atoms with Crippen LogP contribution in [0.5, 0.6) is 5.88 Å². The van der Waals surface area contributed by atoms with Crippen LogP contribution in [0, 0.1) is 0 Å². The molecule has 1 fully saturated rings. The van der Waals surface area contributed by atoms with Gasteiger partial charge in [-0.05, 0) is 18.1 Å². The Labute approximate surface area is 207 Å². The molecular weight excluding hydrogens is 496 g/mol. The van der Waals surface area contributed by atoms with E-state index in [1.54, 1.807) is 37.3 Å². The molecule has 1 aromatic heterocycles. The molecule has 0 saturated carbocycles. The number of thioether (sulfide) groups is 2. The van der Waals surface area contributed by atoms with Crippen LogP contribution in [-0.4, -0.2) is 70.6 Å². The number of fused-ring (bicyclic) bond motifs is 1. The number of nitrogens with one attached hydrogen (secondary N) is 1. The van der Waals surface area contributed by atoms with Gasteiger partial charge in [0.1, 0.15) is 23.2 Å². The van der Waals surface area contributed by atoms with Crippen molar-refractivity contribution >= 4 is 41.3 Å². The topological polar surface area (TPSA) is 181 Å². The number of carbonyl (C=O) groups is 3. The number of carboxylic acid groups (broad SMARTS) is 1. The van der Waals surface area contributed by atoms with Gasteiger partial charge >= 0.3 is 11.5 Å². The van der Waals surface area contributed by atoms with Crippen LogP contribution < -0.4 is 16.6 Å². The number of hydrogen-bond acceptors (Lipinski definition) is 10. The second-order valence-electron chi connectivity index (χ2n) is 7.69. The van der Waals surface area contributed by atoms with Crippen molar-refractivity contribution in [1.29, 1.82) is 0 Å². The quantitative estimate of drug-likeness (QED) is 0.270. The minimum absolute atomic E-state index is 0.139. The Morgan fingerprint density at radius 1 is 1.29 bits per heavy atom. The van der Waals surface area contributed by atoms with E-state index in [2.05, 4.69) is 15.5 Å². The fourth-order valence-electron chi connectivity index (χ4n) is 3.78. The maximum atomic E-state index is 12.9. The third kappa shape index (κ3) is 4.63. The van der Waals surface area contributed by atoms with Crippen LogP contribution in [0.3, 0.4) is 0 Å². The van der Waals surface area contributed by atoms with Gasteiger partial charge in [0.25, 0.3) is 11.8 Å². The van der Waals surface area contributed by atoms with Crippen molar-refractivity contribution in [1.82, 2.24) is 25.0 Å². The van der Waals surface area contributed by atoms with Crippen LogP contribution in [0.2, 0.25) is 0 Å². The first-order valence-corrected chi connectivity index (χ1v) is 12.6. The predicted molar refractivity (Wildman–Crippen MR) is 127 cm³/mol. The molecule has 2 aliphatic heterocycles. The van der Waals surface area contributed by atoms with Crippen molar-refractivity contribution in [2.24, 2.45) is 5.73 Å². The van der Waals surface area contributed by atoms with Gasteiger partial charge in [0, 0.05) is 18.1 Å². The molecule has 2 aromatic rings. The zero-order valence-electron chi connectivity index (χ0n) is 18.5. The summed E-state index contributed by atoms with van der Waals surface area (Å²) >= 11 is 2.41. The highest BCUT2D eigenvalue weighted by molar-refractivity contribution is 8.01. The molecule has 0 aliphatic carbocycles. The number of rotatable bonds is 8. The number of β-lactam (4-membered cyclic amide) rings is 1. The molecule has 1 aromatic carbocycles. The number of benzene rings is 1. The molecule has 35 heavy (non-hydrogen) atoms. The van der Waals surface area contributed by atoms with E-state index in [9.17, 15) is 29.4 Å². The van der Waals surface area contributed by atoms with Crippen molar-refractivity contribution in [2.75, 3.05) is 11.5 Å². The normalized spacial score (nSPS) is 20.2. The van der Waals surface area contributed by atoms with Crippen LogP contribution in [0.15, 0.2) is 51.6 Å². The standard InChI is InChI=1S/C21H22N6O6S2/c1-2-26-18(31)16(29)24-25-21(26)35-9-11-8-34-19-13(17(30)27(19)14(11)20(32)33)23-15(28)12(22)10-6-4-3-5-7-10/h3-7,12-13,19H,2,8-9,22H2,1H3,(H,23,28)(H,24,29)(H,32,33)/t12?,13?,19-/m0/s1. The van der Waals surface area contributed by atoms with Gasteiger partial charge in [-0.2, -0.15) is 0 Å². The Bertz CT molecular complexity index is 1270. The largest absolute Gasteiger partial charge is 0.488 e. The summed E-state index contributed by atoms with van der Waals surface area (Å²) in [6.07, 6.45) is 0. The molecule has 3 atom stereocenters. The number of carbonyl (C=O) groups excluding carboxylic acids is 2. The van der Waals surface area contributed by atoms with E-state index >= 15 is 0 Å². The van der Waals surface area contributed by atoms with Gasteiger partial charge in [-0.15, -0.1) is 22.0 Å². The van der Waals surface area contributed by atoms with E-state index in [1.165, 1.54) is 21.2 Å². The van der Waals surface area contributed by atoms with Gasteiger partial charge in [0.05, 0.1) is 0 Å². The Hall–Kier alpha value is -3.36. The van der Waals surface area contributed by atoms with Gasteiger partial charge in [0.2, 0.25) is 5.91 Å². The van der Waals surface area contributed by atoms with Crippen LogP contribution in [0.25, 0.3) is 0 Å². The fourth-order valence-corrected chi connectivity index (χ4v) is 6.26. The third-order valence-corrected chi connectivity index (χ3v) is 7.97. The molecule has 14 heteroatoms. The SMILES string of the molecule is CCn1c(SCC2=C(C(=O)O)N3C(=O)C(NC(=O)C(N)c4ccccc4)[C@@H]3SC2)nnc(O)c1=O. The lowest BCUT2D eigenvalue weighted by Crippen LogP contribution is -2.71. The molecular formula is C21H22N6O6S2. The summed E-state index contributed by atoms with van der Waals surface area (Å²) in [5.41, 5.74) is 6.23. The molecule has 2 amide bonds. The van der Waals surface area contributed by atoms with Gasteiger partial charge in [-0.3, -0.25) is 23.9 Å². The number of aromatic nitrogens is 3. The van der Waals surface area contributed by atoms with Gasteiger partial charge < -0.3 is 21.3 Å². The van der Waals surface area contributed by atoms with Crippen LogP contribution in [0.4, 0.5) is 0 Å². The van der Waals surface area contributed by atoms with Crippen molar-refractivity contribution in [3.63, 3.8) is 0 Å². The van der Waals surface area contributed by atoms with Gasteiger partial charge in [-0.1, -0.05) is 42.1 Å². The van der Waals surface area contributed by atoms with Crippen molar-refractivity contribution in [3.8, 4) is 5.88 Å². The fraction of sp³-hybridized carbons (Fsp3) is 0.333. The van der Waals surface area contributed by atoms with Crippen molar-refractivity contribution in [2.45, 2.75) is 36.1 Å². The first-order chi connectivity index (χ1) is 16.7. The molecule has 4 rings (SSSR count). The summed E-state index contributed by atoms with van der Waals surface area (Å²) in [6, 6.07) is 6.87. The average molecular weight is 519 g/mol. The molecule has 2 aliphatic rings. The van der Waals surface area contributed by atoms with Crippen LogP contribution in [-0.2, 0) is 20.9 Å². The number of aliphatic carboxylic acids is 1. The maximum absolute atomic E-state index is 12.9. The van der Waals surface area contributed by atoms with Gasteiger partial charge in [0.15, 0.2) is 5.16 Å². The minimum atomic E-state index is -1.27. The number of aromatic hydroxyl groups is 1. The molecule has 12 nitrogen and oxygen atoms in total. The van der Waals surface area contributed by atoms with Crippen LogP contribution in [0.1, 0.15) is 18.5 Å². The van der Waals surface area contributed by atoms with Crippen LogP contribution >= 0.6 is 23.5 Å². The highest BCUT2D eigenvalue weighted by Crippen LogP contribution is 2.41. The number of nitrogens with zero attached hydrogens (tertiary/aromatic N) is 4. The zero-order chi connectivity index (χ0) is 25.3. The molecule has 5 N–H and O–H groups in total. The van der Waals surface area contributed by atoms with E-state index in [4.69, 9.17) is 5.73 Å². The average Bonchev–Trinajstić information content (AvgIpc) is 2.87. The van der Waals surface area contributed by atoms with E-state index in [0.717, 1.165) is 11.8 Å². The highest BCUT2D eigenvalue weighted by atomic mass is 32.2. The molecule has 2 unspecified atom stereocenters. The summed E-state index contributed by atoms with van der Waals surface area (Å²) in [6.45, 7) is 1.94. The molecule has 0 radical (unpaired) electrons. The smallest absolute Gasteiger partial charge is 0.352 e. The number of nitrogens with two attached hydrogens (primary N) is 1. The summed E-state index contributed by atoms with van der Waals surface area (Å²) in [4.78, 5) is 50.8. The number of hydrogen-bond donors (Lipinski definition) is 4. The molecule has 0 spiro atoms. The number of amides is 2. The van der Waals surface area contributed by atoms with E-state index in [0.29, 0.717) is 16.9 Å². The maximum Gasteiger partial charge on any atom is 0.352 e. The highest BCUT2D eigenvalue weighted by Gasteiger charge is 2.54. The number of carboxylic acids is 1. The van der Waals surface area contributed by atoms with E-state index < -0.39 is 46.7 Å². The first kappa shape index (κ1) is 24.8. The van der Waals surface area contributed by atoms with E-state index in [1.807, 2.05) is 0 Å². The second-order valence-corrected chi connectivity index (χ2v) is 9.73. The Morgan fingerprint density at radius 2 is 2.00 bits per heavy atom. The minimum Gasteiger partial charge on any atom is -0.488 e. The first-order valence-electron chi connectivity index (χ1n) is 10.5. The van der Waals surface area contributed by atoms with E-state index in [-0.39, 0.29) is 23.2 Å². The lowest BCUT2D eigenvalue weighted by atomic mass is 10.0. The summed E-state index contributed by atoms with van der Waals surface area (Å²) in [5, 5.41) is 28.9. The Morgan fingerprint density at radius 3 is 2.66 bits per heavy atom. The summed E-state index contributed by atoms with van der Waals surface area (Å²) < 4.78 is 1.23. The Kier molecular flexibility index (Phi) is 7.14. The zero-order valence-corrected chi connectivity index (χ0v) is 20.1. The monoisotopic (exact) mass is 518 g/mol. The second kappa shape index (κ2) is 10.1. The lowest BCUT2D eigenvalue weighted by molar-refractivity contribution is -0.150. The third-order valence-electron chi connectivity index (χ3n) is 5.58. The molecule has 0 bridgehead atoms. The predicted octanol–water partition coefficient (Wildman–Crippen LogP) is -0.105. The van der Waals surface area contributed by atoms with Crippen molar-refractivity contribution in [3.05, 3.63) is 57.5 Å². The van der Waals surface area contributed by atoms with Gasteiger partial charge in [-0.25, -0.2) is 4.79 Å². The lowest BCUT2D eigenvalue weighted by Gasteiger charge is -2.49. The summed E-state index contributed by atoms with van der Waals surface area (Å²) in [5.74, 6) is -2.62. The van der Waals surface area contributed by atoms with Crippen molar-refractivity contribution < 1.29 is 24.6 Å². The Balaban J connectivity index is 1.49. The molecule has 1 saturated heterocycles. The summed E-state index contributed by atoms with van der Waals surface area (Å²) in [7, 11) is 0.